The fourth-order valence-electron chi connectivity index (χ4n) is 1.83. The summed E-state index contributed by atoms with van der Waals surface area (Å²) in [5, 5.41) is 10.2. The van der Waals surface area contributed by atoms with Crippen LogP contribution in [-0.4, -0.2) is 5.11 Å². The number of hydrogen-bond donors (Lipinski definition) is 1. The van der Waals surface area contributed by atoms with Gasteiger partial charge in [0.05, 0.1) is 0 Å². The molecule has 2 nitrogen and oxygen atoms in total. The molecule has 0 atom stereocenters. The summed E-state index contributed by atoms with van der Waals surface area (Å²) in [6.45, 7) is 0.436. The molecule has 0 saturated heterocycles. The van der Waals surface area contributed by atoms with Gasteiger partial charge in [-0.15, -0.1) is 11.3 Å². The van der Waals surface area contributed by atoms with Crippen LogP contribution in [0.2, 0.25) is 0 Å². The molecule has 1 aromatic heterocycles. The lowest BCUT2D eigenvalue weighted by Crippen LogP contribution is -1.91. The van der Waals surface area contributed by atoms with Crippen LogP contribution in [0.5, 0.6) is 11.5 Å². The first-order valence-electron chi connectivity index (χ1n) is 5.80. The molecule has 1 N–H and O–H groups in total. The molecule has 2 aromatic carbocycles. The fraction of sp³-hybridized carbons (Fsp3) is 0.0667. The zero-order valence-corrected chi connectivity index (χ0v) is 10.8. The Bertz CT molecular complexity index is 704. The van der Waals surface area contributed by atoms with Crippen LogP contribution in [0, 0.1) is 5.82 Å². The molecule has 19 heavy (non-hydrogen) atoms. The summed E-state index contributed by atoms with van der Waals surface area (Å²) >= 11 is 1.52. The SMILES string of the molecule is Oc1ccc(OCc2cc3ccc(F)cc3s2)cc1. The molecule has 0 amide bonds. The lowest BCUT2D eigenvalue weighted by Gasteiger charge is -2.03. The molecule has 0 aliphatic heterocycles. The number of hydrogen-bond acceptors (Lipinski definition) is 3. The summed E-state index contributed by atoms with van der Waals surface area (Å²) in [6, 6.07) is 13.3. The van der Waals surface area contributed by atoms with E-state index in [0.717, 1.165) is 15.0 Å². The summed E-state index contributed by atoms with van der Waals surface area (Å²) in [4.78, 5) is 1.04. The summed E-state index contributed by atoms with van der Waals surface area (Å²) in [5.41, 5.74) is 0. The monoisotopic (exact) mass is 274 g/mol. The van der Waals surface area contributed by atoms with Crippen molar-refractivity contribution in [3.63, 3.8) is 0 Å². The Morgan fingerprint density at radius 1 is 1.05 bits per heavy atom. The highest BCUT2D eigenvalue weighted by Crippen LogP contribution is 2.27. The molecular weight excluding hydrogens is 263 g/mol. The van der Waals surface area contributed by atoms with Crippen LogP contribution in [0.4, 0.5) is 4.39 Å². The summed E-state index contributed by atoms with van der Waals surface area (Å²) in [5.74, 6) is 0.687. The molecule has 0 aliphatic rings. The van der Waals surface area contributed by atoms with Gasteiger partial charge in [-0.25, -0.2) is 4.39 Å². The predicted octanol–water partition coefficient (Wildman–Crippen LogP) is 4.33. The first-order valence-corrected chi connectivity index (χ1v) is 6.62. The summed E-state index contributed by atoms with van der Waals surface area (Å²) in [6.07, 6.45) is 0. The van der Waals surface area contributed by atoms with Gasteiger partial charge in [0.2, 0.25) is 0 Å². The number of fused-ring (bicyclic) bond motifs is 1. The first kappa shape index (κ1) is 12.0. The van der Waals surface area contributed by atoms with E-state index >= 15 is 0 Å². The molecule has 3 rings (SSSR count). The number of phenols is 1. The fourth-order valence-corrected chi connectivity index (χ4v) is 2.83. The van der Waals surface area contributed by atoms with E-state index in [1.807, 2.05) is 6.07 Å². The Morgan fingerprint density at radius 3 is 2.63 bits per heavy atom. The molecule has 96 valence electrons. The molecule has 0 fully saturated rings. The number of rotatable bonds is 3. The minimum Gasteiger partial charge on any atom is -0.508 e. The molecule has 0 saturated carbocycles. The Labute approximate surface area is 113 Å². The number of halogens is 1. The summed E-state index contributed by atoms with van der Waals surface area (Å²) in [7, 11) is 0. The van der Waals surface area contributed by atoms with E-state index in [-0.39, 0.29) is 11.6 Å². The van der Waals surface area contributed by atoms with E-state index < -0.39 is 0 Å². The molecule has 4 heteroatoms. The third-order valence-electron chi connectivity index (χ3n) is 2.75. The van der Waals surface area contributed by atoms with Crippen molar-refractivity contribution in [1.29, 1.82) is 0 Å². The van der Waals surface area contributed by atoms with Crippen molar-refractivity contribution in [1.82, 2.24) is 0 Å². The quantitative estimate of drug-likeness (QED) is 0.770. The maximum atomic E-state index is 13.1. The van der Waals surface area contributed by atoms with E-state index in [1.54, 1.807) is 30.3 Å². The second-order valence-corrected chi connectivity index (χ2v) is 5.35. The van der Waals surface area contributed by atoms with Crippen LogP contribution in [0.15, 0.2) is 48.5 Å². The van der Waals surface area contributed by atoms with Crippen molar-refractivity contribution in [2.45, 2.75) is 6.61 Å². The van der Waals surface area contributed by atoms with E-state index in [2.05, 4.69) is 0 Å². The van der Waals surface area contributed by atoms with Crippen LogP contribution in [0.3, 0.4) is 0 Å². The largest absolute Gasteiger partial charge is 0.508 e. The standard InChI is InChI=1S/C15H11FO2S/c16-11-2-1-10-7-14(19-15(10)8-11)9-18-13-5-3-12(17)4-6-13/h1-8,17H,9H2. The number of phenolic OH excluding ortho intramolecular Hbond substituents is 1. The van der Waals surface area contributed by atoms with Crippen molar-refractivity contribution in [2.24, 2.45) is 0 Å². The van der Waals surface area contributed by atoms with Crippen LogP contribution >= 0.6 is 11.3 Å². The van der Waals surface area contributed by atoms with E-state index in [0.29, 0.717) is 12.4 Å². The van der Waals surface area contributed by atoms with E-state index in [1.165, 1.54) is 23.5 Å². The smallest absolute Gasteiger partial charge is 0.124 e. The normalized spacial score (nSPS) is 10.8. The maximum absolute atomic E-state index is 13.1. The zero-order valence-electron chi connectivity index (χ0n) is 9.97. The topological polar surface area (TPSA) is 29.5 Å². The lowest BCUT2D eigenvalue weighted by atomic mass is 10.2. The zero-order chi connectivity index (χ0) is 13.2. The number of ether oxygens (including phenoxy) is 1. The van der Waals surface area contributed by atoms with Gasteiger partial charge >= 0.3 is 0 Å². The second kappa shape index (κ2) is 4.90. The molecule has 0 aliphatic carbocycles. The molecule has 1 heterocycles. The van der Waals surface area contributed by atoms with E-state index in [9.17, 15) is 9.50 Å². The number of aromatic hydroxyl groups is 1. The van der Waals surface area contributed by atoms with Gasteiger partial charge in [0.1, 0.15) is 23.9 Å². The molecule has 0 radical (unpaired) electrons. The minimum atomic E-state index is -0.222. The van der Waals surface area contributed by atoms with Gasteiger partial charge < -0.3 is 9.84 Å². The van der Waals surface area contributed by atoms with Crippen LogP contribution in [0.25, 0.3) is 10.1 Å². The van der Waals surface area contributed by atoms with Crippen molar-refractivity contribution in [3.05, 3.63) is 59.2 Å². The molecule has 3 aromatic rings. The third kappa shape index (κ3) is 2.69. The van der Waals surface area contributed by atoms with Gasteiger partial charge in [0.25, 0.3) is 0 Å². The Balaban J connectivity index is 1.76. The van der Waals surface area contributed by atoms with Gasteiger partial charge in [0, 0.05) is 9.58 Å². The highest BCUT2D eigenvalue weighted by molar-refractivity contribution is 7.19. The van der Waals surface area contributed by atoms with Crippen LogP contribution in [-0.2, 0) is 6.61 Å². The second-order valence-electron chi connectivity index (χ2n) is 4.18. The van der Waals surface area contributed by atoms with Crippen molar-refractivity contribution >= 4 is 21.4 Å². The van der Waals surface area contributed by atoms with Gasteiger partial charge in [-0.3, -0.25) is 0 Å². The maximum Gasteiger partial charge on any atom is 0.124 e. The molecule has 0 bridgehead atoms. The van der Waals surface area contributed by atoms with E-state index in [4.69, 9.17) is 4.74 Å². The lowest BCUT2D eigenvalue weighted by molar-refractivity contribution is 0.309. The Morgan fingerprint density at radius 2 is 1.84 bits per heavy atom. The van der Waals surface area contributed by atoms with Gasteiger partial charge in [-0.05, 0) is 47.9 Å². The summed E-state index contributed by atoms with van der Waals surface area (Å²) < 4.78 is 19.6. The molecule has 0 unspecified atom stereocenters. The Hall–Kier alpha value is -2.07. The first-order chi connectivity index (χ1) is 9.20. The van der Waals surface area contributed by atoms with Crippen molar-refractivity contribution in [2.75, 3.05) is 0 Å². The van der Waals surface area contributed by atoms with Crippen LogP contribution < -0.4 is 4.74 Å². The number of thiophene rings is 1. The highest BCUT2D eigenvalue weighted by Gasteiger charge is 2.04. The van der Waals surface area contributed by atoms with Crippen molar-refractivity contribution in [3.8, 4) is 11.5 Å². The molecule has 0 spiro atoms. The Kier molecular flexibility index (Phi) is 3.09. The molecular formula is C15H11FO2S. The third-order valence-corrected chi connectivity index (χ3v) is 3.82. The minimum absolute atomic E-state index is 0.213. The number of benzene rings is 2. The van der Waals surface area contributed by atoms with Gasteiger partial charge in [-0.2, -0.15) is 0 Å². The van der Waals surface area contributed by atoms with Crippen molar-refractivity contribution < 1.29 is 14.2 Å². The average molecular weight is 274 g/mol. The van der Waals surface area contributed by atoms with Crippen LogP contribution in [0.1, 0.15) is 4.88 Å². The predicted molar refractivity (Wildman–Crippen MR) is 74.2 cm³/mol. The highest BCUT2D eigenvalue weighted by atomic mass is 32.1. The average Bonchev–Trinajstić information content (AvgIpc) is 2.80. The van der Waals surface area contributed by atoms with Gasteiger partial charge in [0.15, 0.2) is 0 Å². The van der Waals surface area contributed by atoms with Gasteiger partial charge in [-0.1, -0.05) is 6.07 Å².